The van der Waals surface area contributed by atoms with E-state index in [9.17, 15) is 4.79 Å². The maximum Gasteiger partial charge on any atom is 0.283 e. The maximum absolute atomic E-state index is 12.2. The minimum Gasteiger partial charge on any atom is -0.459 e. The molecule has 0 spiro atoms. The smallest absolute Gasteiger partial charge is 0.283 e. The lowest BCUT2D eigenvalue weighted by molar-refractivity contribution is -0.117. The monoisotopic (exact) mass is 386 g/mol. The van der Waals surface area contributed by atoms with Crippen LogP contribution in [-0.4, -0.2) is 40.6 Å². The van der Waals surface area contributed by atoms with Gasteiger partial charge in [-0.05, 0) is 56.3 Å². The molecule has 1 aliphatic rings. The largest absolute Gasteiger partial charge is 0.459 e. The number of nitrogens with zero attached hydrogens (tertiary/aromatic N) is 3. The molecule has 0 aliphatic carbocycles. The van der Waals surface area contributed by atoms with E-state index >= 15 is 0 Å². The summed E-state index contributed by atoms with van der Waals surface area (Å²) in [6, 6.07) is 10.7. The molecule has 0 bridgehead atoms. The fourth-order valence-electron chi connectivity index (χ4n) is 3.21. The van der Waals surface area contributed by atoms with Gasteiger partial charge >= 0.3 is 0 Å². The van der Waals surface area contributed by atoms with Gasteiger partial charge in [-0.2, -0.15) is 0 Å². The van der Waals surface area contributed by atoms with Gasteiger partial charge in [0.2, 0.25) is 11.8 Å². The van der Waals surface area contributed by atoms with Crippen LogP contribution in [0.5, 0.6) is 0 Å². The van der Waals surface area contributed by atoms with Crippen molar-refractivity contribution in [3.8, 4) is 11.7 Å². The summed E-state index contributed by atoms with van der Waals surface area (Å²) >= 11 is 5.94. The van der Waals surface area contributed by atoms with Crippen LogP contribution in [0.25, 0.3) is 11.7 Å². The van der Waals surface area contributed by atoms with Crippen molar-refractivity contribution in [2.75, 3.05) is 25.0 Å². The van der Waals surface area contributed by atoms with Gasteiger partial charge in [0.25, 0.3) is 5.89 Å². The van der Waals surface area contributed by atoms with Gasteiger partial charge in [0.05, 0.1) is 12.8 Å². The molecule has 1 saturated heterocycles. The van der Waals surface area contributed by atoms with Crippen LogP contribution in [0.4, 0.5) is 5.69 Å². The van der Waals surface area contributed by atoms with Gasteiger partial charge in [-0.25, -0.2) is 0 Å². The van der Waals surface area contributed by atoms with Crippen LogP contribution >= 0.6 is 11.6 Å². The van der Waals surface area contributed by atoms with Crippen LogP contribution in [0, 0.1) is 0 Å². The third-order valence-corrected chi connectivity index (χ3v) is 4.82. The number of nitrogens with one attached hydrogen (secondary N) is 1. The van der Waals surface area contributed by atoms with Crippen LogP contribution in [0.15, 0.2) is 51.5 Å². The highest BCUT2D eigenvalue weighted by Gasteiger charge is 2.26. The summed E-state index contributed by atoms with van der Waals surface area (Å²) in [5, 5.41) is 11.7. The summed E-state index contributed by atoms with van der Waals surface area (Å²) in [6.45, 7) is 1.94. The lowest BCUT2D eigenvalue weighted by Gasteiger charge is -2.29. The standard InChI is InChI=1S/C19H19ClN4O3/c20-14-3-1-4-15(11-14)21-17(25)12-24-8-6-13(7-9-24)18-22-23-19(27-18)16-5-2-10-26-16/h1-5,10-11,13H,6-9,12H2,(H,21,25). The summed E-state index contributed by atoms with van der Waals surface area (Å²) in [5.74, 6) is 1.76. The molecular formula is C19H19ClN4O3. The second kappa shape index (κ2) is 7.94. The van der Waals surface area contributed by atoms with Crippen molar-refractivity contribution in [2.24, 2.45) is 0 Å². The molecule has 0 saturated carbocycles. The van der Waals surface area contributed by atoms with Crippen LogP contribution in [0.3, 0.4) is 0 Å². The average Bonchev–Trinajstić information content (AvgIpc) is 3.34. The van der Waals surface area contributed by atoms with E-state index in [1.807, 2.05) is 12.1 Å². The van der Waals surface area contributed by atoms with Crippen molar-refractivity contribution >= 4 is 23.2 Å². The Morgan fingerprint density at radius 2 is 2.07 bits per heavy atom. The summed E-state index contributed by atoms with van der Waals surface area (Å²) < 4.78 is 11.0. The van der Waals surface area contributed by atoms with E-state index in [0.717, 1.165) is 25.9 Å². The first-order chi connectivity index (χ1) is 13.2. The number of hydrogen-bond acceptors (Lipinski definition) is 6. The predicted octanol–water partition coefficient (Wildman–Crippen LogP) is 3.80. The minimum absolute atomic E-state index is 0.0476. The fraction of sp³-hybridized carbons (Fsp3) is 0.316. The van der Waals surface area contributed by atoms with E-state index in [0.29, 0.717) is 34.8 Å². The van der Waals surface area contributed by atoms with Crippen molar-refractivity contribution in [2.45, 2.75) is 18.8 Å². The number of likely N-dealkylation sites (tertiary alicyclic amines) is 1. The number of anilines is 1. The first kappa shape index (κ1) is 17.8. The molecule has 1 aliphatic heterocycles. The van der Waals surface area contributed by atoms with E-state index in [2.05, 4.69) is 20.4 Å². The second-order valence-electron chi connectivity index (χ2n) is 6.53. The maximum atomic E-state index is 12.2. The molecule has 0 radical (unpaired) electrons. The van der Waals surface area contributed by atoms with E-state index in [1.54, 1.807) is 30.5 Å². The third kappa shape index (κ3) is 4.37. The number of halogens is 1. The van der Waals surface area contributed by atoms with Gasteiger partial charge in [-0.3, -0.25) is 9.69 Å². The Kier molecular flexibility index (Phi) is 5.22. The molecule has 1 N–H and O–H groups in total. The number of carbonyl (C=O) groups excluding carboxylic acids is 1. The van der Waals surface area contributed by atoms with E-state index in [-0.39, 0.29) is 11.8 Å². The predicted molar refractivity (Wildman–Crippen MR) is 100 cm³/mol. The first-order valence-electron chi connectivity index (χ1n) is 8.82. The number of hydrogen-bond donors (Lipinski definition) is 1. The highest BCUT2D eigenvalue weighted by atomic mass is 35.5. The molecule has 4 rings (SSSR count). The Morgan fingerprint density at radius 1 is 1.22 bits per heavy atom. The lowest BCUT2D eigenvalue weighted by atomic mass is 9.97. The van der Waals surface area contributed by atoms with Crippen LogP contribution in [0.1, 0.15) is 24.7 Å². The second-order valence-corrected chi connectivity index (χ2v) is 6.97. The molecule has 7 nitrogen and oxygen atoms in total. The highest BCUT2D eigenvalue weighted by Crippen LogP contribution is 2.29. The number of benzene rings is 1. The lowest BCUT2D eigenvalue weighted by Crippen LogP contribution is -2.38. The van der Waals surface area contributed by atoms with Crippen LogP contribution < -0.4 is 5.32 Å². The number of rotatable bonds is 5. The molecule has 8 heteroatoms. The molecule has 27 heavy (non-hydrogen) atoms. The summed E-state index contributed by atoms with van der Waals surface area (Å²) in [7, 11) is 0. The quantitative estimate of drug-likeness (QED) is 0.717. The number of aromatic nitrogens is 2. The summed E-state index contributed by atoms with van der Waals surface area (Å²) in [6.07, 6.45) is 3.31. The molecule has 1 aromatic carbocycles. The van der Waals surface area contributed by atoms with Crippen molar-refractivity contribution in [3.63, 3.8) is 0 Å². The molecule has 0 unspecified atom stereocenters. The van der Waals surface area contributed by atoms with Gasteiger partial charge in [0.15, 0.2) is 5.76 Å². The van der Waals surface area contributed by atoms with Crippen molar-refractivity contribution in [3.05, 3.63) is 53.6 Å². The van der Waals surface area contributed by atoms with E-state index in [4.69, 9.17) is 20.4 Å². The summed E-state index contributed by atoms with van der Waals surface area (Å²) in [4.78, 5) is 14.4. The van der Waals surface area contributed by atoms with Crippen molar-refractivity contribution in [1.29, 1.82) is 0 Å². The number of amides is 1. The Hall–Kier alpha value is -2.64. The SMILES string of the molecule is O=C(CN1CCC(c2nnc(-c3ccco3)o2)CC1)Nc1cccc(Cl)c1. The Labute approximate surface area is 161 Å². The zero-order valence-corrected chi connectivity index (χ0v) is 15.4. The van der Waals surface area contributed by atoms with Gasteiger partial charge in [-0.15, -0.1) is 10.2 Å². The molecule has 140 valence electrons. The molecular weight excluding hydrogens is 368 g/mol. The highest BCUT2D eigenvalue weighted by molar-refractivity contribution is 6.30. The molecule has 0 atom stereocenters. The van der Waals surface area contributed by atoms with E-state index < -0.39 is 0 Å². The number of piperidine rings is 1. The Morgan fingerprint density at radius 3 is 2.81 bits per heavy atom. The zero-order chi connectivity index (χ0) is 18.6. The summed E-state index contributed by atoms with van der Waals surface area (Å²) in [5.41, 5.74) is 0.707. The Balaban J connectivity index is 1.28. The molecule has 1 amide bonds. The fourth-order valence-corrected chi connectivity index (χ4v) is 3.40. The molecule has 1 fully saturated rings. The number of furan rings is 1. The molecule has 3 heterocycles. The van der Waals surface area contributed by atoms with Gasteiger partial charge in [-0.1, -0.05) is 17.7 Å². The number of carbonyl (C=O) groups is 1. The topological polar surface area (TPSA) is 84.4 Å². The third-order valence-electron chi connectivity index (χ3n) is 4.58. The normalized spacial score (nSPS) is 15.7. The zero-order valence-electron chi connectivity index (χ0n) is 14.6. The molecule has 2 aromatic heterocycles. The van der Waals surface area contributed by atoms with Gasteiger partial charge < -0.3 is 14.2 Å². The van der Waals surface area contributed by atoms with Gasteiger partial charge in [0, 0.05) is 16.6 Å². The Bertz CT molecular complexity index is 901. The van der Waals surface area contributed by atoms with E-state index in [1.165, 1.54) is 0 Å². The minimum atomic E-state index is -0.0476. The first-order valence-corrected chi connectivity index (χ1v) is 9.20. The van der Waals surface area contributed by atoms with Crippen molar-refractivity contribution in [1.82, 2.24) is 15.1 Å². The van der Waals surface area contributed by atoms with Crippen LogP contribution in [0.2, 0.25) is 5.02 Å². The average molecular weight is 387 g/mol. The van der Waals surface area contributed by atoms with Crippen molar-refractivity contribution < 1.29 is 13.6 Å². The van der Waals surface area contributed by atoms with Crippen LogP contribution in [-0.2, 0) is 4.79 Å². The molecule has 3 aromatic rings. The van der Waals surface area contributed by atoms with Gasteiger partial charge in [0.1, 0.15) is 0 Å².